The topological polar surface area (TPSA) is 80.6 Å². The number of nitrogens with zero attached hydrogens (tertiary/aromatic N) is 2. The van der Waals surface area contributed by atoms with Crippen molar-refractivity contribution in [1.82, 2.24) is 14.4 Å². The number of sulfonamides is 1. The van der Waals surface area contributed by atoms with E-state index in [1.165, 1.54) is 10.6 Å². The Balaban J connectivity index is 1.89. The molecule has 1 N–H and O–H groups in total. The van der Waals surface area contributed by atoms with Crippen LogP contribution in [0.5, 0.6) is 0 Å². The number of hydrogen-bond acceptors (Lipinski definition) is 5. The smallest absolute Gasteiger partial charge is 0.279 e. The molecule has 21 heavy (non-hydrogen) atoms. The van der Waals surface area contributed by atoms with Crippen molar-refractivity contribution in [3.8, 4) is 0 Å². The van der Waals surface area contributed by atoms with Crippen LogP contribution in [-0.2, 0) is 26.7 Å². The van der Waals surface area contributed by atoms with Crippen molar-refractivity contribution in [2.45, 2.75) is 24.3 Å². The summed E-state index contributed by atoms with van der Waals surface area (Å²) in [6.07, 6.45) is 3.50. The molecule has 8 heteroatoms. The van der Waals surface area contributed by atoms with Crippen molar-refractivity contribution in [3.63, 3.8) is 0 Å². The van der Waals surface area contributed by atoms with Gasteiger partial charge >= 0.3 is 0 Å². The van der Waals surface area contributed by atoms with E-state index in [0.29, 0.717) is 0 Å². The number of hydrogen-bond donors (Lipinski definition) is 1. The highest BCUT2D eigenvalue weighted by Gasteiger charge is 2.25. The Morgan fingerprint density at radius 1 is 1.43 bits per heavy atom. The Labute approximate surface area is 124 Å². The fourth-order valence-corrected chi connectivity index (χ4v) is 3.71. The summed E-state index contributed by atoms with van der Waals surface area (Å²) >= 11 is 0. The van der Waals surface area contributed by atoms with Gasteiger partial charge in [-0.1, -0.05) is 0 Å². The van der Waals surface area contributed by atoms with Gasteiger partial charge in [0.1, 0.15) is 0 Å². The van der Waals surface area contributed by atoms with Crippen molar-refractivity contribution < 1.29 is 18.0 Å². The maximum Gasteiger partial charge on any atom is 0.279 e. The molecule has 0 saturated carbocycles. The van der Waals surface area contributed by atoms with Gasteiger partial charge in [0.2, 0.25) is 5.91 Å². The molecule has 2 heterocycles. The average molecular weight is 315 g/mol. The highest BCUT2D eigenvalue weighted by atomic mass is 32.2. The summed E-state index contributed by atoms with van der Waals surface area (Å²) in [5.74, 6) is -0.257. The third-order valence-electron chi connectivity index (χ3n) is 3.73. The van der Waals surface area contributed by atoms with Gasteiger partial charge in [-0.2, -0.15) is 13.5 Å². The molecule has 0 spiro atoms. The summed E-state index contributed by atoms with van der Waals surface area (Å²) in [7, 11) is -0.536. The molecular weight excluding hydrogens is 294 g/mol. The highest BCUT2D eigenvalue weighted by Crippen LogP contribution is 2.20. The number of carbonyl (C=O) groups is 1. The van der Waals surface area contributed by atoms with E-state index in [0.717, 1.165) is 25.9 Å². The van der Waals surface area contributed by atoms with E-state index in [2.05, 4.69) is 4.72 Å². The molecule has 1 aliphatic rings. The minimum absolute atomic E-state index is 0.0880. The first-order valence-corrected chi connectivity index (χ1v) is 8.36. The van der Waals surface area contributed by atoms with Gasteiger partial charge < -0.3 is 9.40 Å². The molecule has 7 nitrogen and oxygen atoms in total. The minimum atomic E-state index is -3.78. The van der Waals surface area contributed by atoms with Crippen molar-refractivity contribution >= 4 is 15.9 Å². The van der Waals surface area contributed by atoms with Crippen LogP contribution in [0.2, 0.25) is 0 Å². The van der Waals surface area contributed by atoms with Crippen LogP contribution in [0.1, 0.15) is 19.3 Å². The normalized spacial score (nSPS) is 17.8. The van der Waals surface area contributed by atoms with Crippen LogP contribution in [0.4, 0.5) is 0 Å². The molecule has 0 unspecified atom stereocenters. The summed E-state index contributed by atoms with van der Waals surface area (Å²) < 4.78 is 27.8. The van der Waals surface area contributed by atoms with E-state index in [1.54, 1.807) is 26.4 Å². The number of amides is 1. The number of piperidine rings is 1. The van der Waals surface area contributed by atoms with Crippen LogP contribution in [0.3, 0.4) is 0 Å². The van der Waals surface area contributed by atoms with Crippen LogP contribution < -0.4 is 4.72 Å². The first-order valence-electron chi connectivity index (χ1n) is 6.88. The minimum Gasteiger partial charge on any atom is -0.340 e. The molecule has 1 aliphatic heterocycles. The second kappa shape index (κ2) is 6.59. The number of nitrogens with one attached hydrogen (secondary N) is 1. The van der Waals surface area contributed by atoms with Crippen LogP contribution in [0, 0.1) is 5.92 Å². The first kappa shape index (κ1) is 16.0. The molecule has 118 valence electrons. The summed E-state index contributed by atoms with van der Waals surface area (Å²) in [5, 5.41) is 1.93. The van der Waals surface area contributed by atoms with Crippen LogP contribution in [-0.4, -0.2) is 44.2 Å². The monoisotopic (exact) mass is 315 g/mol. The van der Waals surface area contributed by atoms with Gasteiger partial charge in [0.25, 0.3) is 10.0 Å². The second-order valence-electron chi connectivity index (χ2n) is 5.25. The molecule has 2 rings (SSSR count). The maximum atomic E-state index is 12.1. The molecule has 1 saturated heterocycles. The summed E-state index contributed by atoms with van der Waals surface area (Å²) in [6, 6.07) is 3.09. The Morgan fingerprint density at radius 2 is 2.10 bits per heavy atom. The van der Waals surface area contributed by atoms with Crippen molar-refractivity contribution in [2.24, 2.45) is 13.0 Å². The Bertz CT molecular complexity index is 588. The van der Waals surface area contributed by atoms with Gasteiger partial charge in [0.15, 0.2) is 5.03 Å². The Hall–Kier alpha value is -1.38. The van der Waals surface area contributed by atoms with Gasteiger partial charge in [-0.05, 0) is 30.9 Å². The quantitative estimate of drug-likeness (QED) is 0.855. The Kier molecular flexibility index (Phi) is 5.02. The fourth-order valence-electron chi connectivity index (χ4n) is 2.53. The molecule has 1 fully saturated rings. The molecule has 0 atom stereocenters. The van der Waals surface area contributed by atoms with Crippen molar-refractivity contribution in [1.29, 1.82) is 0 Å². The van der Waals surface area contributed by atoms with E-state index in [-0.39, 0.29) is 17.4 Å². The Morgan fingerprint density at radius 3 is 2.62 bits per heavy atom. The molecular formula is C13H21N3O4S. The zero-order chi connectivity index (χ0) is 15.5. The van der Waals surface area contributed by atoms with Crippen molar-refractivity contribution in [3.05, 3.63) is 18.3 Å². The summed E-state index contributed by atoms with van der Waals surface area (Å²) in [4.78, 5) is 17.1. The molecule has 0 aliphatic carbocycles. The number of aromatic nitrogens is 1. The molecule has 0 radical (unpaired) electrons. The summed E-state index contributed by atoms with van der Waals surface area (Å²) in [5.41, 5.74) is 0. The van der Waals surface area contributed by atoms with E-state index in [4.69, 9.17) is 4.84 Å². The molecule has 1 aromatic heterocycles. The van der Waals surface area contributed by atoms with E-state index in [9.17, 15) is 13.2 Å². The standard InChI is InChI=1S/C13H21N3O4S/c1-15-7-3-4-13(15)21(18,19)14-12(17)10-11-5-8-16(20-2)9-6-11/h3-4,7,11H,5-6,8-10H2,1-2H3,(H,14,17). The maximum absolute atomic E-state index is 12.1. The lowest BCUT2D eigenvalue weighted by Crippen LogP contribution is -2.37. The van der Waals surface area contributed by atoms with Crippen LogP contribution >= 0.6 is 0 Å². The van der Waals surface area contributed by atoms with E-state index < -0.39 is 15.9 Å². The molecule has 0 bridgehead atoms. The second-order valence-corrected chi connectivity index (χ2v) is 6.87. The third kappa shape index (κ3) is 4.05. The largest absolute Gasteiger partial charge is 0.340 e. The predicted octanol–water partition coefficient (Wildman–Crippen LogP) is 0.493. The van der Waals surface area contributed by atoms with E-state index >= 15 is 0 Å². The SMILES string of the molecule is CON1CCC(CC(=O)NS(=O)(=O)c2cccn2C)CC1. The van der Waals surface area contributed by atoms with Gasteiger partial charge in [-0.3, -0.25) is 4.79 Å². The van der Waals surface area contributed by atoms with Gasteiger partial charge in [-0.15, -0.1) is 0 Å². The molecule has 1 amide bonds. The number of hydroxylamine groups is 2. The zero-order valence-electron chi connectivity index (χ0n) is 12.3. The van der Waals surface area contributed by atoms with Crippen molar-refractivity contribution in [2.75, 3.05) is 20.2 Å². The fraction of sp³-hybridized carbons (Fsp3) is 0.615. The lowest BCUT2D eigenvalue weighted by Gasteiger charge is -2.29. The van der Waals surface area contributed by atoms with E-state index in [1.807, 2.05) is 5.06 Å². The molecule has 1 aromatic rings. The first-order chi connectivity index (χ1) is 9.92. The highest BCUT2D eigenvalue weighted by molar-refractivity contribution is 7.90. The number of aryl methyl sites for hydroxylation is 1. The number of rotatable bonds is 5. The summed E-state index contributed by atoms with van der Waals surface area (Å²) in [6.45, 7) is 1.53. The third-order valence-corrected chi connectivity index (χ3v) is 5.20. The zero-order valence-corrected chi connectivity index (χ0v) is 13.1. The van der Waals surface area contributed by atoms with Gasteiger partial charge in [-0.25, -0.2) is 4.72 Å². The lowest BCUT2D eigenvalue weighted by atomic mass is 9.94. The predicted molar refractivity (Wildman–Crippen MR) is 76.7 cm³/mol. The van der Waals surface area contributed by atoms with Gasteiger partial charge in [0, 0.05) is 32.8 Å². The average Bonchev–Trinajstić information content (AvgIpc) is 2.86. The van der Waals surface area contributed by atoms with Crippen LogP contribution in [0.25, 0.3) is 0 Å². The lowest BCUT2D eigenvalue weighted by molar-refractivity contribution is -0.149. The van der Waals surface area contributed by atoms with Gasteiger partial charge in [0.05, 0.1) is 7.11 Å². The molecule has 0 aromatic carbocycles. The number of carbonyl (C=O) groups excluding carboxylic acids is 1. The van der Waals surface area contributed by atoms with Crippen LogP contribution in [0.15, 0.2) is 23.4 Å².